The molecule has 0 aliphatic rings. The molecule has 0 saturated carbocycles. The molecule has 0 aliphatic carbocycles. The highest BCUT2D eigenvalue weighted by Gasteiger charge is 2.16. The molecule has 0 bridgehead atoms. The lowest BCUT2D eigenvalue weighted by Gasteiger charge is -1.97. The Kier molecular flexibility index (Phi) is 3.55. The average molecular weight is 339 g/mol. The molecule has 4 rings (SSSR count). The van der Waals surface area contributed by atoms with Crippen molar-refractivity contribution in [3.8, 4) is 22.3 Å². The summed E-state index contributed by atoms with van der Waals surface area (Å²) in [6, 6.07) is 13.9. The molecule has 2 aromatic heterocycles. The molecule has 5 nitrogen and oxygen atoms in total. The van der Waals surface area contributed by atoms with Gasteiger partial charge in [0.05, 0.1) is 10.9 Å². The molecule has 0 aliphatic heterocycles. The summed E-state index contributed by atoms with van der Waals surface area (Å²) in [7, 11) is 0. The molecule has 4 aromatic rings. The van der Waals surface area contributed by atoms with Crippen LogP contribution in [0.3, 0.4) is 0 Å². The molecule has 24 heavy (non-hydrogen) atoms. The number of rotatable bonds is 4. The van der Waals surface area contributed by atoms with E-state index in [4.69, 9.17) is 4.74 Å². The number of fused-ring (bicyclic) bond motifs is 1. The zero-order chi connectivity index (χ0) is 16.5. The van der Waals surface area contributed by atoms with Gasteiger partial charge in [-0.15, -0.1) is 0 Å². The third kappa shape index (κ3) is 2.44. The first-order valence-corrected chi connectivity index (χ1v) is 7.94. The highest BCUT2D eigenvalue weighted by molar-refractivity contribution is 7.12. The maximum absolute atomic E-state index is 13.6. The van der Waals surface area contributed by atoms with Crippen LogP contribution >= 0.6 is 11.3 Å². The average Bonchev–Trinajstić information content (AvgIpc) is 3.19. The van der Waals surface area contributed by atoms with E-state index in [2.05, 4.69) is 10.1 Å². The second kappa shape index (κ2) is 5.86. The Morgan fingerprint density at radius 3 is 2.88 bits per heavy atom. The smallest absolute Gasteiger partial charge is 0.299 e. The fraction of sp³-hybridized carbons (Fsp3) is 0. The van der Waals surface area contributed by atoms with E-state index in [-0.39, 0.29) is 11.7 Å². The first-order valence-electron chi connectivity index (χ1n) is 7.06. The second-order valence-corrected chi connectivity index (χ2v) is 5.81. The van der Waals surface area contributed by atoms with Crippen molar-refractivity contribution in [3.05, 3.63) is 59.7 Å². The van der Waals surface area contributed by atoms with Gasteiger partial charge in [0.15, 0.2) is 0 Å². The number of hydrogen-bond acceptors (Lipinski definition) is 5. The van der Waals surface area contributed by atoms with Crippen LogP contribution in [0.15, 0.2) is 53.9 Å². The SMILES string of the molecule is O=COc1csc(-n2nc(-c3cccc(F)c3)c3ccccc32)n1. The summed E-state index contributed by atoms with van der Waals surface area (Å²) in [4.78, 5) is 14.7. The van der Waals surface area contributed by atoms with Crippen LogP contribution in [0.4, 0.5) is 4.39 Å². The van der Waals surface area contributed by atoms with E-state index in [1.807, 2.05) is 30.3 Å². The van der Waals surface area contributed by atoms with Gasteiger partial charge in [-0.3, -0.25) is 4.79 Å². The lowest BCUT2D eigenvalue weighted by molar-refractivity contribution is -0.120. The van der Waals surface area contributed by atoms with E-state index in [1.54, 1.807) is 16.1 Å². The zero-order valence-electron chi connectivity index (χ0n) is 12.2. The maximum Gasteiger partial charge on any atom is 0.299 e. The van der Waals surface area contributed by atoms with Gasteiger partial charge in [0.1, 0.15) is 11.5 Å². The summed E-state index contributed by atoms with van der Waals surface area (Å²) in [5.74, 6) is -0.0982. The van der Waals surface area contributed by atoms with Gasteiger partial charge in [-0.2, -0.15) is 10.1 Å². The Morgan fingerprint density at radius 1 is 1.17 bits per heavy atom. The van der Waals surface area contributed by atoms with Crippen molar-refractivity contribution in [2.45, 2.75) is 0 Å². The number of hydrogen-bond donors (Lipinski definition) is 0. The highest BCUT2D eigenvalue weighted by atomic mass is 32.1. The number of para-hydroxylation sites is 1. The molecule has 0 spiro atoms. The van der Waals surface area contributed by atoms with Crippen LogP contribution in [0.25, 0.3) is 27.3 Å². The Morgan fingerprint density at radius 2 is 2.04 bits per heavy atom. The van der Waals surface area contributed by atoms with Gasteiger partial charge in [0, 0.05) is 10.9 Å². The van der Waals surface area contributed by atoms with Gasteiger partial charge >= 0.3 is 0 Å². The standard InChI is InChI=1S/C17H10FN3O2S/c18-12-5-3-4-11(8-12)16-13-6-1-2-7-14(13)21(20-16)17-19-15(9-24-17)23-10-22/h1-10H. The minimum absolute atomic E-state index is 0.219. The molecule has 0 amide bonds. The van der Waals surface area contributed by atoms with Crippen LogP contribution in [0.5, 0.6) is 5.88 Å². The number of carbonyl (C=O) groups is 1. The van der Waals surface area contributed by atoms with Crippen molar-refractivity contribution in [2.24, 2.45) is 0 Å². The summed E-state index contributed by atoms with van der Waals surface area (Å²) in [6.45, 7) is 0.332. The second-order valence-electron chi connectivity index (χ2n) is 4.97. The van der Waals surface area contributed by atoms with E-state index in [9.17, 15) is 9.18 Å². The molecule has 7 heteroatoms. The molecule has 0 fully saturated rings. The van der Waals surface area contributed by atoms with Crippen molar-refractivity contribution >= 4 is 28.7 Å². The first kappa shape index (κ1) is 14.5. The molecule has 2 heterocycles. The summed E-state index contributed by atoms with van der Waals surface area (Å²) < 4.78 is 20.0. The lowest BCUT2D eigenvalue weighted by Crippen LogP contribution is -1.96. The Balaban J connectivity index is 1.92. The van der Waals surface area contributed by atoms with Crippen molar-refractivity contribution in [3.63, 3.8) is 0 Å². The van der Waals surface area contributed by atoms with E-state index >= 15 is 0 Å². The molecular formula is C17H10FN3O2S. The molecule has 2 aromatic carbocycles. The molecule has 0 radical (unpaired) electrons. The number of aromatic nitrogens is 3. The maximum atomic E-state index is 13.6. The molecule has 0 unspecified atom stereocenters. The monoisotopic (exact) mass is 339 g/mol. The van der Waals surface area contributed by atoms with E-state index < -0.39 is 0 Å². The van der Waals surface area contributed by atoms with Crippen LogP contribution < -0.4 is 4.74 Å². The minimum atomic E-state index is -0.318. The normalized spacial score (nSPS) is 10.9. The van der Waals surface area contributed by atoms with Gasteiger partial charge in [-0.1, -0.05) is 41.7 Å². The van der Waals surface area contributed by atoms with Gasteiger partial charge in [0.2, 0.25) is 11.0 Å². The van der Waals surface area contributed by atoms with Crippen molar-refractivity contribution in [1.29, 1.82) is 0 Å². The fourth-order valence-electron chi connectivity index (χ4n) is 2.51. The molecule has 118 valence electrons. The van der Waals surface area contributed by atoms with Crippen molar-refractivity contribution in [2.75, 3.05) is 0 Å². The summed E-state index contributed by atoms with van der Waals surface area (Å²) in [5.41, 5.74) is 2.19. The lowest BCUT2D eigenvalue weighted by atomic mass is 10.1. The van der Waals surface area contributed by atoms with Gasteiger partial charge in [-0.25, -0.2) is 9.07 Å². The van der Waals surface area contributed by atoms with Crippen molar-refractivity contribution < 1.29 is 13.9 Å². The van der Waals surface area contributed by atoms with Gasteiger partial charge in [0.25, 0.3) is 6.47 Å². The fourth-order valence-corrected chi connectivity index (χ4v) is 3.21. The van der Waals surface area contributed by atoms with Crippen LogP contribution in [0.1, 0.15) is 0 Å². The van der Waals surface area contributed by atoms with Gasteiger partial charge in [-0.05, 0) is 18.2 Å². The number of nitrogens with zero attached hydrogens (tertiary/aromatic N) is 3. The molecule has 0 atom stereocenters. The number of carbonyl (C=O) groups excluding carboxylic acids is 1. The third-order valence-corrected chi connectivity index (χ3v) is 4.30. The largest absolute Gasteiger partial charge is 0.409 e. The number of halogens is 1. The topological polar surface area (TPSA) is 57.0 Å². The Bertz CT molecular complexity index is 1040. The van der Waals surface area contributed by atoms with Crippen molar-refractivity contribution in [1.82, 2.24) is 14.8 Å². The van der Waals surface area contributed by atoms with Crippen LogP contribution in [0.2, 0.25) is 0 Å². The molecule has 0 saturated heterocycles. The summed E-state index contributed by atoms with van der Waals surface area (Å²) in [6.07, 6.45) is 0. The van der Waals surface area contributed by atoms with E-state index in [1.165, 1.54) is 23.5 Å². The summed E-state index contributed by atoms with van der Waals surface area (Å²) >= 11 is 1.30. The Labute approximate surface area is 140 Å². The minimum Gasteiger partial charge on any atom is -0.409 e. The van der Waals surface area contributed by atoms with E-state index in [0.717, 1.165) is 10.9 Å². The van der Waals surface area contributed by atoms with Crippen LogP contribution in [-0.4, -0.2) is 21.2 Å². The van der Waals surface area contributed by atoms with Crippen LogP contribution in [-0.2, 0) is 4.79 Å². The molecule has 0 N–H and O–H groups in total. The number of ether oxygens (including phenoxy) is 1. The third-order valence-electron chi connectivity index (χ3n) is 3.51. The molecular weight excluding hydrogens is 329 g/mol. The van der Waals surface area contributed by atoms with E-state index in [0.29, 0.717) is 22.9 Å². The van der Waals surface area contributed by atoms with Gasteiger partial charge < -0.3 is 4.74 Å². The summed E-state index contributed by atoms with van der Waals surface area (Å²) in [5, 5.41) is 7.67. The quantitative estimate of drug-likeness (QED) is 0.530. The predicted molar refractivity (Wildman–Crippen MR) is 88.8 cm³/mol. The predicted octanol–water partition coefficient (Wildman–Crippen LogP) is 3.82. The first-order chi connectivity index (χ1) is 11.8. The number of benzene rings is 2. The Hall–Kier alpha value is -3.06. The van der Waals surface area contributed by atoms with Crippen LogP contribution in [0, 0.1) is 5.82 Å². The zero-order valence-corrected chi connectivity index (χ0v) is 13.0. The number of thiazole rings is 1. The highest BCUT2D eigenvalue weighted by Crippen LogP contribution is 2.31.